The first-order valence-electron chi connectivity index (χ1n) is 2.66. The molecule has 0 rings (SSSR count). The van der Waals surface area contributed by atoms with Crippen molar-refractivity contribution in [1.82, 2.24) is 5.32 Å². The molecule has 0 aliphatic heterocycles. The van der Waals surface area contributed by atoms with E-state index in [-0.39, 0.29) is 5.65 Å². The fourth-order valence-electron chi connectivity index (χ4n) is 0.305. The van der Waals surface area contributed by atoms with Gasteiger partial charge in [-0.05, 0) is 15.2 Å². The Labute approximate surface area is 52.2 Å². The van der Waals surface area contributed by atoms with Crippen LogP contribution >= 0.6 is 9.24 Å². The van der Waals surface area contributed by atoms with Crippen molar-refractivity contribution in [2.45, 2.75) is 13.8 Å². The molecular formula is C5H12NOP. The molecule has 0 aliphatic rings. The van der Waals surface area contributed by atoms with Crippen LogP contribution in [0.2, 0.25) is 0 Å². The second kappa shape index (κ2) is 3.85. The van der Waals surface area contributed by atoms with Crippen LogP contribution in [0.5, 0.6) is 0 Å². The molecule has 0 fully saturated rings. The van der Waals surface area contributed by atoms with E-state index in [1.807, 2.05) is 0 Å². The molecule has 0 bridgehead atoms. The Balaban J connectivity index is 3.05. The molecule has 0 heterocycles. The molecule has 48 valence electrons. The molecule has 1 N–H and O–H groups in total. The third-order valence-electron chi connectivity index (χ3n) is 0.685. The Bertz CT molecular complexity index is 82.5. The highest BCUT2D eigenvalue weighted by Gasteiger charge is 1.92. The fourth-order valence-corrected chi connectivity index (χ4v) is 0.423. The molecule has 1 atom stereocenters. The molecule has 2 nitrogen and oxygen atoms in total. The molecule has 1 unspecified atom stereocenters. The van der Waals surface area contributed by atoms with E-state index in [2.05, 4.69) is 28.4 Å². The molecule has 0 saturated carbocycles. The van der Waals surface area contributed by atoms with Crippen molar-refractivity contribution in [3.63, 3.8) is 0 Å². The van der Waals surface area contributed by atoms with Gasteiger partial charge in [0.25, 0.3) is 0 Å². The lowest BCUT2D eigenvalue weighted by atomic mass is 10.2. The smallest absolute Gasteiger partial charge is 0.234 e. The molecule has 0 radical (unpaired) electrons. The van der Waals surface area contributed by atoms with Crippen LogP contribution in [0.3, 0.4) is 0 Å². The summed E-state index contributed by atoms with van der Waals surface area (Å²) in [6.07, 6.45) is 0. The summed E-state index contributed by atoms with van der Waals surface area (Å²) in [5, 5.41) is 2.67. The molecule has 0 aromatic rings. The largest absolute Gasteiger partial charge is 0.353 e. The molecule has 1 amide bonds. The number of carbonyl (C=O) groups excluding carboxylic acids is 1. The second-order valence-corrected chi connectivity index (χ2v) is 2.66. The monoisotopic (exact) mass is 133 g/mol. The van der Waals surface area contributed by atoms with E-state index in [4.69, 9.17) is 0 Å². The lowest BCUT2D eigenvalue weighted by Gasteiger charge is -2.02. The van der Waals surface area contributed by atoms with E-state index < -0.39 is 0 Å². The molecule has 0 spiro atoms. The van der Waals surface area contributed by atoms with E-state index in [0.29, 0.717) is 5.92 Å². The van der Waals surface area contributed by atoms with Gasteiger partial charge in [-0.15, -0.1) is 0 Å². The summed E-state index contributed by atoms with van der Waals surface area (Å²) in [7, 11) is 2.07. The van der Waals surface area contributed by atoms with E-state index in [1.165, 1.54) is 0 Å². The van der Waals surface area contributed by atoms with E-state index in [0.717, 1.165) is 6.54 Å². The number of carbonyl (C=O) groups is 1. The highest BCUT2D eigenvalue weighted by atomic mass is 31.0. The minimum Gasteiger partial charge on any atom is -0.353 e. The van der Waals surface area contributed by atoms with Crippen LogP contribution in [0.25, 0.3) is 0 Å². The third kappa shape index (κ3) is 5.90. The van der Waals surface area contributed by atoms with E-state index >= 15 is 0 Å². The van der Waals surface area contributed by atoms with Crippen LogP contribution in [0, 0.1) is 5.92 Å². The molecule has 0 aromatic heterocycles. The van der Waals surface area contributed by atoms with Gasteiger partial charge in [0, 0.05) is 6.54 Å². The quantitative estimate of drug-likeness (QED) is 0.564. The van der Waals surface area contributed by atoms with Crippen LogP contribution in [0.4, 0.5) is 4.79 Å². The van der Waals surface area contributed by atoms with Crippen LogP contribution < -0.4 is 5.32 Å². The zero-order valence-electron chi connectivity index (χ0n) is 5.27. The van der Waals surface area contributed by atoms with Crippen LogP contribution in [-0.4, -0.2) is 12.2 Å². The summed E-state index contributed by atoms with van der Waals surface area (Å²) >= 11 is 0. The standard InChI is InChI=1S/C5H12NOP/c1-4(2)3-6-5(7)8/h4H,3,8H2,1-2H3,(H,6,7). The van der Waals surface area contributed by atoms with Crippen molar-refractivity contribution >= 4 is 14.9 Å². The zero-order chi connectivity index (χ0) is 6.57. The van der Waals surface area contributed by atoms with Gasteiger partial charge in [0.15, 0.2) is 0 Å². The average Bonchev–Trinajstić information content (AvgIpc) is 1.61. The van der Waals surface area contributed by atoms with Gasteiger partial charge in [0.2, 0.25) is 5.65 Å². The first kappa shape index (κ1) is 7.90. The summed E-state index contributed by atoms with van der Waals surface area (Å²) in [6, 6.07) is 0. The van der Waals surface area contributed by atoms with Gasteiger partial charge in [0.1, 0.15) is 0 Å². The maximum absolute atomic E-state index is 10.2. The topological polar surface area (TPSA) is 29.1 Å². The Morgan fingerprint density at radius 2 is 2.25 bits per heavy atom. The van der Waals surface area contributed by atoms with Gasteiger partial charge in [0.05, 0.1) is 0 Å². The molecular weight excluding hydrogens is 121 g/mol. The predicted octanol–water partition coefficient (Wildman–Crippen LogP) is 1.23. The van der Waals surface area contributed by atoms with Gasteiger partial charge in [-0.25, -0.2) is 0 Å². The Hall–Kier alpha value is -0.100. The normalized spacial score (nSPS) is 9.50. The summed E-state index contributed by atoms with van der Waals surface area (Å²) in [5.74, 6) is 0.541. The van der Waals surface area contributed by atoms with Crippen molar-refractivity contribution in [1.29, 1.82) is 0 Å². The second-order valence-electron chi connectivity index (χ2n) is 2.14. The summed E-state index contributed by atoms with van der Waals surface area (Å²) < 4.78 is 0. The fraction of sp³-hybridized carbons (Fsp3) is 0.800. The Morgan fingerprint density at radius 1 is 1.75 bits per heavy atom. The number of nitrogens with one attached hydrogen (secondary N) is 1. The van der Waals surface area contributed by atoms with Gasteiger partial charge >= 0.3 is 0 Å². The molecule has 3 heteroatoms. The zero-order valence-corrected chi connectivity index (χ0v) is 6.42. The first-order valence-corrected chi connectivity index (χ1v) is 3.24. The van der Waals surface area contributed by atoms with Gasteiger partial charge in [-0.2, -0.15) is 0 Å². The molecule has 0 aromatic carbocycles. The highest BCUT2D eigenvalue weighted by Crippen LogP contribution is 1.89. The lowest BCUT2D eigenvalue weighted by Crippen LogP contribution is -2.21. The van der Waals surface area contributed by atoms with E-state index in [1.54, 1.807) is 0 Å². The molecule has 8 heavy (non-hydrogen) atoms. The third-order valence-corrected chi connectivity index (χ3v) is 0.889. The number of amides is 1. The lowest BCUT2D eigenvalue weighted by molar-refractivity contribution is 0.259. The van der Waals surface area contributed by atoms with Gasteiger partial charge in [-0.1, -0.05) is 13.8 Å². The molecule has 0 aliphatic carbocycles. The maximum Gasteiger partial charge on any atom is 0.234 e. The van der Waals surface area contributed by atoms with Crippen molar-refractivity contribution < 1.29 is 4.79 Å². The Kier molecular flexibility index (Phi) is 3.80. The van der Waals surface area contributed by atoms with Crippen LogP contribution in [0.1, 0.15) is 13.8 Å². The average molecular weight is 133 g/mol. The number of hydrogen-bond donors (Lipinski definition) is 1. The van der Waals surface area contributed by atoms with Gasteiger partial charge < -0.3 is 5.32 Å². The maximum atomic E-state index is 10.2. The van der Waals surface area contributed by atoms with Crippen LogP contribution in [-0.2, 0) is 0 Å². The SMILES string of the molecule is CC(C)CNC(=O)P. The van der Waals surface area contributed by atoms with Crippen molar-refractivity contribution in [3.8, 4) is 0 Å². The van der Waals surface area contributed by atoms with Crippen molar-refractivity contribution in [2.24, 2.45) is 5.92 Å². The summed E-state index contributed by atoms with van der Waals surface area (Å²) in [6.45, 7) is 4.88. The minimum atomic E-state index is -0.0290. The van der Waals surface area contributed by atoms with Crippen molar-refractivity contribution in [2.75, 3.05) is 6.54 Å². The van der Waals surface area contributed by atoms with E-state index in [9.17, 15) is 4.79 Å². The number of hydrogen-bond acceptors (Lipinski definition) is 1. The Morgan fingerprint density at radius 3 is 2.38 bits per heavy atom. The summed E-state index contributed by atoms with van der Waals surface area (Å²) in [4.78, 5) is 10.2. The molecule has 0 saturated heterocycles. The highest BCUT2D eigenvalue weighted by molar-refractivity contribution is 7.39. The first-order chi connectivity index (χ1) is 3.63. The summed E-state index contributed by atoms with van der Waals surface area (Å²) in [5.41, 5.74) is -0.0290. The van der Waals surface area contributed by atoms with Crippen molar-refractivity contribution in [3.05, 3.63) is 0 Å². The number of rotatable bonds is 2. The predicted molar refractivity (Wildman–Crippen MR) is 37.9 cm³/mol. The van der Waals surface area contributed by atoms with Gasteiger partial charge in [-0.3, -0.25) is 4.79 Å². The van der Waals surface area contributed by atoms with Crippen LogP contribution in [0.15, 0.2) is 0 Å². The minimum absolute atomic E-state index is 0.0290.